The molecule has 1 atom stereocenters. The van der Waals surface area contributed by atoms with Gasteiger partial charge in [0.05, 0.1) is 19.3 Å². The topological polar surface area (TPSA) is 57.7 Å². The molecule has 0 bridgehead atoms. The molecule has 1 aliphatic rings. The minimum atomic E-state index is -0.322. The van der Waals surface area contributed by atoms with E-state index in [2.05, 4.69) is 11.1 Å². The standard InChI is InChI=1S/C24H23NO4/c1-27-24(26)22-11-13-25-16-18(22)8-7-17-12-14-28-23-15-20(9-10-21(17)23)29-19-5-3-2-4-6-19/h2-6,9-11,13,15-17H,7-8,12,14H2,1H3/t17-/m1/s1. The number of fused-ring (bicyclic) bond motifs is 1. The molecule has 0 aliphatic carbocycles. The van der Waals surface area contributed by atoms with Gasteiger partial charge in [0.2, 0.25) is 0 Å². The third kappa shape index (κ3) is 4.40. The Bertz CT molecular complexity index is 987. The van der Waals surface area contributed by atoms with E-state index in [0.717, 1.165) is 42.1 Å². The summed E-state index contributed by atoms with van der Waals surface area (Å²) in [6, 6.07) is 17.4. The summed E-state index contributed by atoms with van der Waals surface area (Å²) in [7, 11) is 1.40. The van der Waals surface area contributed by atoms with Crippen LogP contribution in [-0.2, 0) is 11.2 Å². The van der Waals surface area contributed by atoms with E-state index >= 15 is 0 Å². The van der Waals surface area contributed by atoms with Crippen LogP contribution in [0.25, 0.3) is 0 Å². The molecule has 0 saturated heterocycles. The molecule has 5 nitrogen and oxygen atoms in total. The van der Waals surface area contributed by atoms with Gasteiger partial charge < -0.3 is 14.2 Å². The van der Waals surface area contributed by atoms with Crippen molar-refractivity contribution in [2.45, 2.75) is 25.2 Å². The highest BCUT2D eigenvalue weighted by Gasteiger charge is 2.23. The third-order valence-electron chi connectivity index (χ3n) is 5.20. The SMILES string of the molecule is COC(=O)c1ccncc1CC[C@@H]1CCOc2cc(Oc3ccccc3)ccc21. The molecular formula is C24H23NO4. The molecule has 0 N–H and O–H groups in total. The summed E-state index contributed by atoms with van der Waals surface area (Å²) >= 11 is 0. The van der Waals surface area contributed by atoms with Gasteiger partial charge in [-0.2, -0.15) is 0 Å². The van der Waals surface area contributed by atoms with Crippen LogP contribution in [0.5, 0.6) is 17.2 Å². The Labute approximate surface area is 170 Å². The molecule has 0 spiro atoms. The fourth-order valence-corrected chi connectivity index (χ4v) is 3.70. The number of rotatable bonds is 6. The molecule has 0 fully saturated rings. The number of aryl methyl sites for hydroxylation is 1. The van der Waals surface area contributed by atoms with Crippen LogP contribution >= 0.6 is 0 Å². The van der Waals surface area contributed by atoms with Crippen molar-refractivity contribution < 1.29 is 19.0 Å². The highest BCUT2D eigenvalue weighted by atomic mass is 16.5. The van der Waals surface area contributed by atoms with Crippen LogP contribution in [0.3, 0.4) is 0 Å². The highest BCUT2D eigenvalue weighted by molar-refractivity contribution is 5.90. The summed E-state index contributed by atoms with van der Waals surface area (Å²) in [6.45, 7) is 0.670. The van der Waals surface area contributed by atoms with E-state index in [1.54, 1.807) is 18.5 Å². The second-order valence-corrected chi connectivity index (χ2v) is 7.01. The monoisotopic (exact) mass is 389 g/mol. The zero-order valence-electron chi connectivity index (χ0n) is 16.3. The molecule has 2 heterocycles. The van der Waals surface area contributed by atoms with E-state index in [0.29, 0.717) is 18.1 Å². The van der Waals surface area contributed by atoms with E-state index in [1.165, 1.54) is 12.7 Å². The second kappa shape index (κ2) is 8.78. The summed E-state index contributed by atoms with van der Waals surface area (Å²) in [4.78, 5) is 16.2. The molecule has 1 aromatic heterocycles. The minimum absolute atomic E-state index is 0.322. The smallest absolute Gasteiger partial charge is 0.338 e. The average molecular weight is 389 g/mol. The molecule has 29 heavy (non-hydrogen) atoms. The number of aromatic nitrogens is 1. The van der Waals surface area contributed by atoms with Gasteiger partial charge in [-0.1, -0.05) is 24.3 Å². The van der Waals surface area contributed by atoms with E-state index in [4.69, 9.17) is 14.2 Å². The van der Waals surface area contributed by atoms with E-state index in [-0.39, 0.29) is 5.97 Å². The van der Waals surface area contributed by atoms with Crippen LogP contribution in [0.15, 0.2) is 67.0 Å². The predicted octanol–water partition coefficient (Wildman–Crippen LogP) is 5.16. The number of methoxy groups -OCH3 is 1. The van der Waals surface area contributed by atoms with Crippen molar-refractivity contribution >= 4 is 5.97 Å². The maximum atomic E-state index is 12.0. The third-order valence-corrected chi connectivity index (χ3v) is 5.20. The number of para-hydroxylation sites is 1. The molecule has 2 aromatic carbocycles. The Hall–Kier alpha value is -3.34. The van der Waals surface area contributed by atoms with Crippen molar-refractivity contribution in [2.75, 3.05) is 13.7 Å². The van der Waals surface area contributed by atoms with Gasteiger partial charge in [0.25, 0.3) is 0 Å². The number of ether oxygens (including phenoxy) is 3. The van der Waals surface area contributed by atoms with Crippen LogP contribution in [-0.4, -0.2) is 24.7 Å². The maximum Gasteiger partial charge on any atom is 0.338 e. The molecule has 5 heteroatoms. The predicted molar refractivity (Wildman–Crippen MR) is 110 cm³/mol. The summed E-state index contributed by atoms with van der Waals surface area (Å²) in [5, 5.41) is 0. The summed E-state index contributed by atoms with van der Waals surface area (Å²) in [6.07, 6.45) is 5.98. The Balaban J connectivity index is 1.48. The van der Waals surface area contributed by atoms with Gasteiger partial charge >= 0.3 is 5.97 Å². The van der Waals surface area contributed by atoms with Crippen LogP contribution in [0.1, 0.15) is 40.2 Å². The van der Waals surface area contributed by atoms with Crippen LogP contribution in [0.4, 0.5) is 0 Å². The normalized spacial score (nSPS) is 15.1. The maximum absolute atomic E-state index is 12.0. The van der Waals surface area contributed by atoms with Crippen LogP contribution in [0, 0.1) is 0 Å². The molecule has 4 rings (SSSR count). The molecule has 0 saturated carbocycles. The molecule has 148 valence electrons. The minimum Gasteiger partial charge on any atom is -0.493 e. The number of benzene rings is 2. The largest absolute Gasteiger partial charge is 0.493 e. The van der Waals surface area contributed by atoms with Gasteiger partial charge in [-0.15, -0.1) is 0 Å². The summed E-state index contributed by atoms with van der Waals surface area (Å²) in [5.74, 6) is 2.46. The first kappa shape index (κ1) is 19.0. The van der Waals surface area contributed by atoms with Crippen LogP contribution < -0.4 is 9.47 Å². The molecule has 0 unspecified atom stereocenters. The number of carbonyl (C=O) groups is 1. The number of carbonyl (C=O) groups excluding carboxylic acids is 1. The van der Waals surface area contributed by atoms with Crippen LogP contribution in [0.2, 0.25) is 0 Å². The highest BCUT2D eigenvalue weighted by Crippen LogP contribution is 2.39. The molecule has 3 aromatic rings. The lowest BCUT2D eigenvalue weighted by molar-refractivity contribution is 0.0599. The second-order valence-electron chi connectivity index (χ2n) is 7.01. The average Bonchev–Trinajstić information content (AvgIpc) is 2.78. The zero-order chi connectivity index (χ0) is 20.1. The number of esters is 1. The lowest BCUT2D eigenvalue weighted by Crippen LogP contribution is -2.15. The number of hydrogen-bond acceptors (Lipinski definition) is 5. The van der Waals surface area contributed by atoms with Gasteiger partial charge in [-0.05, 0) is 60.6 Å². The van der Waals surface area contributed by atoms with Crippen molar-refractivity contribution in [1.29, 1.82) is 0 Å². The van der Waals surface area contributed by atoms with E-state index in [9.17, 15) is 4.79 Å². The van der Waals surface area contributed by atoms with Gasteiger partial charge in [0, 0.05) is 18.5 Å². The Morgan fingerprint density at radius 2 is 2.00 bits per heavy atom. The zero-order valence-corrected chi connectivity index (χ0v) is 16.3. The Kier molecular flexibility index (Phi) is 5.75. The van der Waals surface area contributed by atoms with E-state index in [1.807, 2.05) is 42.5 Å². The summed E-state index contributed by atoms with van der Waals surface area (Å²) < 4.78 is 16.7. The first-order valence-electron chi connectivity index (χ1n) is 9.75. The number of hydrogen-bond donors (Lipinski definition) is 0. The molecule has 0 amide bonds. The fraction of sp³-hybridized carbons (Fsp3) is 0.250. The van der Waals surface area contributed by atoms with Crippen molar-refractivity contribution in [3.63, 3.8) is 0 Å². The molecular weight excluding hydrogens is 366 g/mol. The summed E-state index contributed by atoms with van der Waals surface area (Å²) in [5.41, 5.74) is 2.68. The number of pyridine rings is 1. The lowest BCUT2D eigenvalue weighted by atomic mass is 9.87. The van der Waals surface area contributed by atoms with Crippen molar-refractivity contribution in [3.05, 3.63) is 83.7 Å². The van der Waals surface area contributed by atoms with E-state index < -0.39 is 0 Å². The van der Waals surface area contributed by atoms with Gasteiger partial charge in [0.1, 0.15) is 17.2 Å². The fourth-order valence-electron chi connectivity index (χ4n) is 3.70. The lowest BCUT2D eigenvalue weighted by Gasteiger charge is -2.26. The Morgan fingerprint density at radius 1 is 1.14 bits per heavy atom. The number of nitrogens with zero attached hydrogens (tertiary/aromatic N) is 1. The van der Waals surface area contributed by atoms with Crippen molar-refractivity contribution in [3.8, 4) is 17.2 Å². The Morgan fingerprint density at radius 3 is 2.83 bits per heavy atom. The van der Waals surface area contributed by atoms with Gasteiger partial charge in [-0.3, -0.25) is 4.98 Å². The molecule has 0 radical (unpaired) electrons. The quantitative estimate of drug-likeness (QED) is 0.545. The molecule has 1 aliphatic heterocycles. The first-order valence-corrected chi connectivity index (χ1v) is 9.75. The first-order chi connectivity index (χ1) is 14.2. The van der Waals surface area contributed by atoms with Gasteiger partial charge in [0.15, 0.2) is 0 Å². The van der Waals surface area contributed by atoms with Crippen molar-refractivity contribution in [2.24, 2.45) is 0 Å². The van der Waals surface area contributed by atoms with Gasteiger partial charge in [-0.25, -0.2) is 4.79 Å². The van der Waals surface area contributed by atoms with Crippen molar-refractivity contribution in [1.82, 2.24) is 4.98 Å².